The van der Waals surface area contributed by atoms with Crippen LogP contribution in [0.15, 0.2) is 6.07 Å². The smallest absolute Gasteiger partial charge is 0.263 e. The number of nitrogens with one attached hydrogen (secondary N) is 1. The zero-order valence-corrected chi connectivity index (χ0v) is 9.42. The van der Waals surface area contributed by atoms with Crippen LogP contribution in [0.3, 0.4) is 0 Å². The molecule has 0 aliphatic carbocycles. The van der Waals surface area contributed by atoms with Crippen molar-refractivity contribution in [1.82, 2.24) is 4.90 Å². The molecule has 0 bridgehead atoms. The van der Waals surface area contributed by atoms with Gasteiger partial charge in [0.05, 0.1) is 11.1 Å². The first-order valence-corrected chi connectivity index (χ1v) is 4.92. The first kappa shape index (κ1) is 10.5. The molecule has 0 fully saturated rings. The number of nitrogens with two attached hydrogens (primary N) is 1. The van der Waals surface area contributed by atoms with Gasteiger partial charge in [-0.2, -0.15) is 0 Å². The van der Waals surface area contributed by atoms with Crippen molar-refractivity contribution in [3.8, 4) is 0 Å². The summed E-state index contributed by atoms with van der Waals surface area (Å²) in [5, 5.41) is 2.89. The number of carbonyl (C=O) groups excluding carboxylic acids is 2. The van der Waals surface area contributed by atoms with Gasteiger partial charge >= 0.3 is 0 Å². The molecule has 2 rings (SSSR count). The van der Waals surface area contributed by atoms with E-state index in [1.807, 2.05) is 0 Å². The third-order valence-electron chi connectivity index (χ3n) is 2.93. The van der Waals surface area contributed by atoms with Crippen molar-refractivity contribution < 1.29 is 9.59 Å². The second-order valence-corrected chi connectivity index (χ2v) is 3.81. The van der Waals surface area contributed by atoms with E-state index in [9.17, 15) is 9.59 Å². The van der Waals surface area contributed by atoms with Crippen LogP contribution in [-0.2, 0) is 0 Å². The average Bonchev–Trinajstić information content (AvgIpc) is 2.49. The van der Waals surface area contributed by atoms with Crippen molar-refractivity contribution in [2.75, 3.05) is 25.1 Å². The Labute approximate surface area is 93.2 Å². The van der Waals surface area contributed by atoms with Gasteiger partial charge in [-0.15, -0.1) is 0 Å². The summed E-state index contributed by atoms with van der Waals surface area (Å²) in [6, 6.07) is 1.68. The van der Waals surface area contributed by atoms with E-state index < -0.39 is 0 Å². The van der Waals surface area contributed by atoms with Crippen molar-refractivity contribution in [3.63, 3.8) is 0 Å². The average molecular weight is 219 g/mol. The number of amides is 2. The van der Waals surface area contributed by atoms with Gasteiger partial charge in [-0.3, -0.25) is 14.5 Å². The summed E-state index contributed by atoms with van der Waals surface area (Å²) in [5.41, 5.74) is 8.41. The topological polar surface area (TPSA) is 75.4 Å². The van der Waals surface area contributed by atoms with E-state index in [1.165, 1.54) is 7.05 Å². The van der Waals surface area contributed by atoms with Crippen molar-refractivity contribution in [1.29, 1.82) is 0 Å². The number of hydrogen-bond donors (Lipinski definition) is 2. The molecule has 5 nitrogen and oxygen atoms in total. The van der Waals surface area contributed by atoms with Gasteiger partial charge in [0, 0.05) is 25.5 Å². The summed E-state index contributed by atoms with van der Waals surface area (Å²) in [5.74, 6) is -0.575. The van der Waals surface area contributed by atoms with Gasteiger partial charge in [-0.05, 0) is 18.6 Å². The molecule has 1 aliphatic rings. The largest absolute Gasteiger partial charge is 0.398 e. The van der Waals surface area contributed by atoms with Gasteiger partial charge in [-0.1, -0.05) is 0 Å². The molecule has 0 radical (unpaired) electrons. The van der Waals surface area contributed by atoms with E-state index in [1.54, 1.807) is 20.0 Å². The molecule has 5 heteroatoms. The Bertz CT molecular complexity index is 508. The summed E-state index contributed by atoms with van der Waals surface area (Å²) in [7, 11) is 3.17. The molecule has 0 aromatic heterocycles. The van der Waals surface area contributed by atoms with Gasteiger partial charge in [0.25, 0.3) is 11.8 Å². The van der Waals surface area contributed by atoms with Crippen molar-refractivity contribution in [2.45, 2.75) is 6.92 Å². The molecule has 3 N–H and O–H groups in total. The molecule has 0 unspecified atom stereocenters. The Morgan fingerprint density at radius 3 is 2.38 bits per heavy atom. The minimum Gasteiger partial charge on any atom is -0.398 e. The Kier molecular flexibility index (Phi) is 2.11. The van der Waals surface area contributed by atoms with Gasteiger partial charge in [0.1, 0.15) is 0 Å². The summed E-state index contributed by atoms with van der Waals surface area (Å²) >= 11 is 0. The first-order valence-electron chi connectivity index (χ1n) is 4.92. The second kappa shape index (κ2) is 3.23. The summed E-state index contributed by atoms with van der Waals surface area (Å²) in [6.07, 6.45) is 0. The van der Waals surface area contributed by atoms with Crippen LogP contribution in [0.1, 0.15) is 26.3 Å². The van der Waals surface area contributed by atoms with Crippen LogP contribution >= 0.6 is 0 Å². The van der Waals surface area contributed by atoms with Crippen molar-refractivity contribution in [3.05, 3.63) is 22.8 Å². The zero-order valence-electron chi connectivity index (χ0n) is 9.42. The van der Waals surface area contributed by atoms with Crippen LogP contribution < -0.4 is 11.1 Å². The van der Waals surface area contributed by atoms with E-state index in [0.29, 0.717) is 28.1 Å². The van der Waals surface area contributed by atoms with E-state index >= 15 is 0 Å². The van der Waals surface area contributed by atoms with Gasteiger partial charge in [0.15, 0.2) is 0 Å². The van der Waals surface area contributed by atoms with E-state index in [2.05, 4.69) is 5.32 Å². The quantitative estimate of drug-likeness (QED) is 0.542. The molecule has 1 heterocycles. The Balaban J connectivity index is 2.83. The lowest BCUT2D eigenvalue weighted by Gasteiger charge is -2.09. The number of nitrogen functional groups attached to an aromatic ring is 1. The molecule has 1 aromatic rings. The van der Waals surface area contributed by atoms with Gasteiger partial charge in [0.2, 0.25) is 0 Å². The molecule has 16 heavy (non-hydrogen) atoms. The molecular formula is C11H13N3O2. The molecule has 1 aliphatic heterocycles. The normalized spacial score (nSPS) is 14.3. The number of benzene rings is 1. The number of hydrogen-bond acceptors (Lipinski definition) is 4. The van der Waals surface area contributed by atoms with Crippen molar-refractivity contribution >= 4 is 23.2 Å². The van der Waals surface area contributed by atoms with Crippen LogP contribution in [-0.4, -0.2) is 30.8 Å². The minimum atomic E-state index is -0.290. The number of fused-ring (bicyclic) bond motifs is 1. The third kappa shape index (κ3) is 1.11. The van der Waals surface area contributed by atoms with Gasteiger partial charge in [-0.25, -0.2) is 0 Å². The van der Waals surface area contributed by atoms with Gasteiger partial charge < -0.3 is 11.1 Å². The Morgan fingerprint density at radius 2 is 1.81 bits per heavy atom. The number of rotatable bonds is 1. The maximum atomic E-state index is 11.9. The predicted molar refractivity (Wildman–Crippen MR) is 61.6 cm³/mol. The van der Waals surface area contributed by atoms with Crippen LogP contribution in [0.25, 0.3) is 0 Å². The van der Waals surface area contributed by atoms with E-state index in [-0.39, 0.29) is 11.8 Å². The lowest BCUT2D eigenvalue weighted by Crippen LogP contribution is -2.24. The molecule has 0 saturated carbocycles. The molecule has 2 amide bonds. The Hall–Kier alpha value is -2.04. The standard InChI is InChI=1S/C11H13N3O2/c1-5-6(12)4-7(13-2)9-8(5)10(15)14(3)11(9)16/h4,13H,12H2,1-3H3. The lowest BCUT2D eigenvalue weighted by atomic mass is 10.00. The third-order valence-corrected chi connectivity index (χ3v) is 2.93. The summed E-state index contributed by atoms with van der Waals surface area (Å²) in [4.78, 5) is 24.9. The molecular weight excluding hydrogens is 206 g/mol. The zero-order chi connectivity index (χ0) is 12.0. The SMILES string of the molecule is CNc1cc(N)c(C)c2c1C(=O)N(C)C2=O. The number of imide groups is 1. The number of nitrogens with zero attached hydrogens (tertiary/aromatic N) is 1. The monoisotopic (exact) mass is 219 g/mol. The van der Waals surface area contributed by atoms with Crippen LogP contribution in [0, 0.1) is 6.92 Å². The summed E-state index contributed by atoms with van der Waals surface area (Å²) < 4.78 is 0. The lowest BCUT2D eigenvalue weighted by molar-refractivity contribution is 0.0693. The maximum absolute atomic E-state index is 11.9. The maximum Gasteiger partial charge on any atom is 0.263 e. The first-order chi connectivity index (χ1) is 7.49. The molecule has 0 atom stereocenters. The van der Waals surface area contributed by atoms with Crippen molar-refractivity contribution in [2.24, 2.45) is 0 Å². The number of anilines is 2. The Morgan fingerprint density at radius 1 is 1.25 bits per heavy atom. The molecule has 0 spiro atoms. The molecule has 84 valence electrons. The fourth-order valence-electron chi connectivity index (χ4n) is 1.92. The minimum absolute atomic E-state index is 0.285. The predicted octanol–water partition coefficient (Wildman–Crippen LogP) is 0.845. The highest BCUT2D eigenvalue weighted by atomic mass is 16.2. The van der Waals surface area contributed by atoms with Crippen LogP contribution in [0.5, 0.6) is 0 Å². The fraction of sp³-hybridized carbons (Fsp3) is 0.273. The summed E-state index contributed by atoms with van der Waals surface area (Å²) in [6.45, 7) is 1.75. The number of carbonyl (C=O) groups is 2. The fourth-order valence-corrected chi connectivity index (χ4v) is 1.92. The van der Waals surface area contributed by atoms with Crippen LogP contribution in [0.4, 0.5) is 11.4 Å². The second-order valence-electron chi connectivity index (χ2n) is 3.81. The van der Waals surface area contributed by atoms with Crippen LogP contribution in [0.2, 0.25) is 0 Å². The molecule has 0 saturated heterocycles. The highest BCUT2D eigenvalue weighted by Crippen LogP contribution is 2.34. The van der Waals surface area contributed by atoms with E-state index in [0.717, 1.165) is 4.90 Å². The molecule has 1 aromatic carbocycles. The highest BCUT2D eigenvalue weighted by Gasteiger charge is 2.37. The van der Waals surface area contributed by atoms with E-state index in [4.69, 9.17) is 5.73 Å². The highest BCUT2D eigenvalue weighted by molar-refractivity contribution is 6.24.